The van der Waals surface area contributed by atoms with Gasteiger partial charge in [-0.05, 0) is 57.3 Å². The summed E-state index contributed by atoms with van der Waals surface area (Å²) in [7, 11) is 0. The van der Waals surface area contributed by atoms with Gasteiger partial charge in [-0.25, -0.2) is 0 Å². The van der Waals surface area contributed by atoms with Crippen molar-refractivity contribution in [3.05, 3.63) is 12.2 Å². The molecular formula is C22H39NO3. The number of amides is 1. The van der Waals surface area contributed by atoms with Crippen LogP contribution in [-0.2, 0) is 9.59 Å². The molecule has 0 aromatic heterocycles. The number of rotatable bonds is 14. The summed E-state index contributed by atoms with van der Waals surface area (Å²) in [6, 6.07) is 0. The van der Waals surface area contributed by atoms with Crippen LogP contribution < -0.4 is 5.32 Å². The maximum Gasteiger partial charge on any atom is 0.306 e. The third-order valence-corrected chi connectivity index (χ3v) is 5.45. The lowest BCUT2D eigenvalue weighted by atomic mass is 9.82. The molecule has 0 bridgehead atoms. The van der Waals surface area contributed by atoms with Crippen LogP contribution >= 0.6 is 0 Å². The highest BCUT2D eigenvalue weighted by Crippen LogP contribution is 2.28. The van der Waals surface area contributed by atoms with E-state index in [1.807, 2.05) is 0 Å². The fraction of sp³-hybridized carbons (Fsp3) is 0.818. The van der Waals surface area contributed by atoms with Crippen LogP contribution in [-0.4, -0.2) is 23.5 Å². The Kier molecular flexibility index (Phi) is 12.9. The van der Waals surface area contributed by atoms with Gasteiger partial charge in [-0.2, -0.15) is 0 Å². The Bertz CT molecular complexity index is 412. The van der Waals surface area contributed by atoms with Gasteiger partial charge >= 0.3 is 5.97 Å². The predicted octanol–water partition coefficient (Wildman–Crippen LogP) is 5.47. The molecular weight excluding hydrogens is 326 g/mol. The number of nitrogens with one attached hydrogen (secondary N) is 1. The normalized spacial score (nSPS) is 20.3. The number of carboxylic acids is 1. The zero-order chi connectivity index (χ0) is 19.0. The molecule has 0 spiro atoms. The van der Waals surface area contributed by atoms with Crippen molar-refractivity contribution < 1.29 is 14.7 Å². The third kappa shape index (κ3) is 11.3. The number of unbranched alkanes of at least 4 members (excludes halogenated alkanes) is 7. The third-order valence-electron chi connectivity index (χ3n) is 5.45. The van der Waals surface area contributed by atoms with Crippen molar-refractivity contribution in [2.75, 3.05) is 6.54 Å². The number of hydrogen-bond donors (Lipinski definition) is 2. The molecule has 0 aromatic carbocycles. The van der Waals surface area contributed by atoms with Crippen LogP contribution in [0.1, 0.15) is 96.8 Å². The van der Waals surface area contributed by atoms with E-state index < -0.39 is 5.97 Å². The lowest BCUT2D eigenvalue weighted by Gasteiger charge is -2.26. The molecule has 4 nitrogen and oxygen atoms in total. The van der Waals surface area contributed by atoms with Crippen LogP contribution in [0.5, 0.6) is 0 Å². The zero-order valence-electron chi connectivity index (χ0n) is 16.7. The second kappa shape index (κ2) is 14.8. The summed E-state index contributed by atoms with van der Waals surface area (Å²) >= 11 is 0. The standard InChI is InChI=1S/C22H39NO3/c1-2-3-4-5-6-7-8-9-10-11-12-13-21(24)23-18-19-14-16-20(17-15-19)22(25)26/h5-6,19-20H,2-4,7-18H2,1H3,(H,23,24)(H,25,26)/t19-,20-. The first kappa shape index (κ1) is 22.7. The summed E-state index contributed by atoms with van der Waals surface area (Å²) < 4.78 is 0. The first-order chi connectivity index (χ1) is 12.6. The number of carboxylic acid groups (broad SMARTS) is 1. The van der Waals surface area contributed by atoms with E-state index in [4.69, 9.17) is 5.11 Å². The molecule has 0 atom stereocenters. The lowest BCUT2D eigenvalue weighted by Crippen LogP contribution is -2.32. The Morgan fingerprint density at radius 3 is 2.19 bits per heavy atom. The highest BCUT2D eigenvalue weighted by Gasteiger charge is 2.25. The fourth-order valence-corrected chi connectivity index (χ4v) is 3.60. The van der Waals surface area contributed by atoms with Gasteiger partial charge in [-0.3, -0.25) is 9.59 Å². The molecule has 0 heterocycles. The molecule has 1 aliphatic rings. The number of allylic oxidation sites excluding steroid dienone is 2. The molecule has 1 fully saturated rings. The Labute approximate surface area is 159 Å². The molecule has 0 aromatic rings. The molecule has 150 valence electrons. The predicted molar refractivity (Wildman–Crippen MR) is 107 cm³/mol. The van der Waals surface area contributed by atoms with Crippen LogP contribution in [0, 0.1) is 11.8 Å². The van der Waals surface area contributed by atoms with E-state index in [0.29, 0.717) is 12.3 Å². The maximum atomic E-state index is 11.9. The molecule has 1 amide bonds. The van der Waals surface area contributed by atoms with E-state index in [9.17, 15) is 9.59 Å². The average Bonchev–Trinajstić information content (AvgIpc) is 2.64. The summed E-state index contributed by atoms with van der Waals surface area (Å²) in [5.74, 6) is -0.224. The van der Waals surface area contributed by atoms with E-state index in [2.05, 4.69) is 24.4 Å². The summed E-state index contributed by atoms with van der Waals surface area (Å²) in [6.45, 7) is 2.94. The van der Waals surface area contributed by atoms with Gasteiger partial charge in [0.2, 0.25) is 5.91 Å². The summed E-state index contributed by atoms with van der Waals surface area (Å²) in [6.07, 6.45) is 19.4. The summed E-state index contributed by atoms with van der Waals surface area (Å²) in [5, 5.41) is 12.0. The Balaban J connectivity index is 1.90. The van der Waals surface area contributed by atoms with Crippen molar-refractivity contribution in [2.24, 2.45) is 11.8 Å². The van der Waals surface area contributed by atoms with E-state index in [0.717, 1.165) is 45.1 Å². The number of carbonyl (C=O) groups is 2. The van der Waals surface area contributed by atoms with Crippen molar-refractivity contribution in [1.82, 2.24) is 5.32 Å². The second-order valence-corrected chi connectivity index (χ2v) is 7.78. The minimum absolute atomic E-state index is 0.157. The van der Waals surface area contributed by atoms with Gasteiger partial charge in [0.1, 0.15) is 0 Å². The van der Waals surface area contributed by atoms with Crippen LogP contribution in [0.25, 0.3) is 0 Å². The van der Waals surface area contributed by atoms with Crippen molar-refractivity contribution in [1.29, 1.82) is 0 Å². The van der Waals surface area contributed by atoms with Gasteiger partial charge in [0.25, 0.3) is 0 Å². The molecule has 0 saturated heterocycles. The van der Waals surface area contributed by atoms with Gasteiger partial charge in [0.05, 0.1) is 5.92 Å². The second-order valence-electron chi connectivity index (χ2n) is 7.78. The van der Waals surface area contributed by atoms with Crippen LogP contribution in [0.4, 0.5) is 0 Å². The smallest absolute Gasteiger partial charge is 0.306 e. The molecule has 4 heteroatoms. The quantitative estimate of drug-likeness (QED) is 0.317. The highest BCUT2D eigenvalue weighted by molar-refractivity contribution is 5.75. The lowest BCUT2D eigenvalue weighted by molar-refractivity contribution is -0.143. The number of carbonyl (C=O) groups excluding carboxylic acids is 1. The molecule has 26 heavy (non-hydrogen) atoms. The average molecular weight is 366 g/mol. The summed E-state index contributed by atoms with van der Waals surface area (Å²) in [4.78, 5) is 22.8. The molecule has 0 aliphatic heterocycles. The van der Waals surface area contributed by atoms with Crippen molar-refractivity contribution >= 4 is 11.9 Å². The molecule has 0 unspecified atom stereocenters. The molecule has 1 rings (SSSR count). The van der Waals surface area contributed by atoms with E-state index >= 15 is 0 Å². The van der Waals surface area contributed by atoms with Crippen LogP contribution in [0.15, 0.2) is 12.2 Å². The minimum atomic E-state index is -0.667. The van der Waals surface area contributed by atoms with Crippen molar-refractivity contribution in [3.8, 4) is 0 Å². The molecule has 0 radical (unpaired) electrons. The first-order valence-electron chi connectivity index (χ1n) is 10.8. The maximum absolute atomic E-state index is 11.9. The highest BCUT2D eigenvalue weighted by atomic mass is 16.4. The summed E-state index contributed by atoms with van der Waals surface area (Å²) in [5.41, 5.74) is 0. The number of hydrogen-bond acceptors (Lipinski definition) is 2. The minimum Gasteiger partial charge on any atom is -0.481 e. The van der Waals surface area contributed by atoms with Gasteiger partial charge in [0.15, 0.2) is 0 Å². The van der Waals surface area contributed by atoms with Crippen molar-refractivity contribution in [3.63, 3.8) is 0 Å². The Morgan fingerprint density at radius 1 is 0.923 bits per heavy atom. The fourth-order valence-electron chi connectivity index (χ4n) is 3.60. The van der Waals surface area contributed by atoms with Gasteiger partial charge in [-0.15, -0.1) is 0 Å². The van der Waals surface area contributed by atoms with Gasteiger partial charge in [0, 0.05) is 13.0 Å². The molecule has 2 N–H and O–H groups in total. The van der Waals surface area contributed by atoms with Crippen LogP contribution in [0.3, 0.4) is 0 Å². The van der Waals surface area contributed by atoms with E-state index in [1.54, 1.807) is 0 Å². The molecule has 1 saturated carbocycles. The largest absolute Gasteiger partial charge is 0.481 e. The SMILES string of the molecule is CCCCC=CCCCCCCCC(=O)NC[C@H]1CC[C@H](C(=O)O)CC1. The zero-order valence-corrected chi connectivity index (χ0v) is 16.7. The topological polar surface area (TPSA) is 66.4 Å². The van der Waals surface area contributed by atoms with Crippen molar-refractivity contribution in [2.45, 2.75) is 96.8 Å². The molecule has 1 aliphatic carbocycles. The monoisotopic (exact) mass is 365 g/mol. The number of aliphatic carboxylic acids is 1. The van der Waals surface area contributed by atoms with Gasteiger partial charge in [-0.1, -0.05) is 51.2 Å². The Morgan fingerprint density at radius 2 is 1.54 bits per heavy atom. The van der Waals surface area contributed by atoms with Gasteiger partial charge < -0.3 is 10.4 Å². The van der Waals surface area contributed by atoms with Crippen LogP contribution in [0.2, 0.25) is 0 Å². The van der Waals surface area contributed by atoms with E-state index in [1.165, 1.54) is 44.9 Å². The first-order valence-corrected chi connectivity index (χ1v) is 10.8. The Hall–Kier alpha value is -1.32. The van der Waals surface area contributed by atoms with E-state index in [-0.39, 0.29) is 11.8 Å².